The average molecular weight is 324 g/mol. The van der Waals surface area contributed by atoms with Crippen molar-refractivity contribution in [3.05, 3.63) is 50.7 Å². The predicted octanol–water partition coefficient (Wildman–Crippen LogP) is 2.50. The van der Waals surface area contributed by atoms with Crippen molar-refractivity contribution in [3.8, 4) is 0 Å². The van der Waals surface area contributed by atoms with Gasteiger partial charge in [0.05, 0.1) is 23.9 Å². The van der Waals surface area contributed by atoms with E-state index >= 15 is 0 Å². The monoisotopic (exact) mass is 323 g/mol. The van der Waals surface area contributed by atoms with Crippen molar-refractivity contribution < 1.29 is 9.21 Å². The van der Waals surface area contributed by atoms with Gasteiger partial charge >= 0.3 is 0 Å². The van der Waals surface area contributed by atoms with Gasteiger partial charge in [-0.15, -0.1) is 11.3 Å². The summed E-state index contributed by atoms with van der Waals surface area (Å²) in [5.41, 5.74) is 0.700. The third-order valence-electron chi connectivity index (χ3n) is 2.95. The Balaban J connectivity index is 1.86. The Bertz CT molecular complexity index is 867. The maximum atomic E-state index is 12.2. The molecule has 6 nitrogen and oxygen atoms in total. The summed E-state index contributed by atoms with van der Waals surface area (Å²) in [6, 6.07) is 3.27. The first kappa shape index (κ1) is 13.8. The number of fused-ring (bicyclic) bond motifs is 1. The molecule has 108 valence electrons. The molecule has 0 radical (unpaired) electrons. The number of carbonyl (C=O) groups is 1. The van der Waals surface area contributed by atoms with Gasteiger partial charge in [0.2, 0.25) is 5.22 Å². The van der Waals surface area contributed by atoms with E-state index in [-0.39, 0.29) is 28.8 Å². The van der Waals surface area contributed by atoms with Crippen LogP contribution in [0.4, 0.5) is 0 Å². The Labute approximate surface area is 128 Å². The fraction of sp³-hybridized carbons (Fsp3) is 0.154. The van der Waals surface area contributed by atoms with Gasteiger partial charge in [-0.1, -0.05) is 0 Å². The molecule has 3 aromatic rings. The molecular weight excluding hydrogens is 314 g/mol. The fourth-order valence-corrected chi connectivity index (χ4v) is 2.87. The number of aromatic nitrogens is 2. The quantitative estimate of drug-likeness (QED) is 0.803. The Morgan fingerprint density at radius 3 is 3.05 bits per heavy atom. The van der Waals surface area contributed by atoms with E-state index in [4.69, 9.17) is 16.0 Å². The van der Waals surface area contributed by atoms with Crippen LogP contribution in [0.25, 0.3) is 10.2 Å². The average Bonchev–Trinajstić information content (AvgIpc) is 3.06. The summed E-state index contributed by atoms with van der Waals surface area (Å²) in [7, 11) is 1.60. The lowest BCUT2D eigenvalue weighted by molar-refractivity contribution is 0.0781. The van der Waals surface area contributed by atoms with Crippen LogP contribution in [-0.4, -0.2) is 27.8 Å². The number of rotatable bonds is 3. The molecule has 0 aliphatic carbocycles. The lowest BCUT2D eigenvalue weighted by Gasteiger charge is -2.15. The number of carbonyl (C=O) groups excluding carboxylic acids is 1. The first-order valence-corrected chi connectivity index (χ1v) is 7.27. The van der Waals surface area contributed by atoms with Crippen LogP contribution in [0.1, 0.15) is 16.2 Å². The van der Waals surface area contributed by atoms with Crippen LogP contribution in [0.2, 0.25) is 5.22 Å². The molecule has 0 fully saturated rings. The zero-order chi connectivity index (χ0) is 15.0. The highest BCUT2D eigenvalue weighted by atomic mass is 35.5. The normalized spacial score (nSPS) is 11.0. The van der Waals surface area contributed by atoms with Gasteiger partial charge in [-0.25, -0.2) is 4.98 Å². The number of amides is 1. The van der Waals surface area contributed by atoms with E-state index < -0.39 is 0 Å². The van der Waals surface area contributed by atoms with Crippen molar-refractivity contribution in [2.45, 2.75) is 6.54 Å². The first-order valence-electron chi connectivity index (χ1n) is 6.01. The molecule has 0 bridgehead atoms. The number of nitrogens with one attached hydrogen (secondary N) is 1. The van der Waals surface area contributed by atoms with Gasteiger partial charge in [0, 0.05) is 7.05 Å². The molecule has 0 aliphatic heterocycles. The largest absolute Gasteiger partial charge is 0.452 e. The van der Waals surface area contributed by atoms with Crippen molar-refractivity contribution in [1.29, 1.82) is 0 Å². The maximum absolute atomic E-state index is 12.2. The van der Waals surface area contributed by atoms with E-state index in [1.807, 2.05) is 0 Å². The molecule has 8 heteroatoms. The van der Waals surface area contributed by atoms with Crippen molar-refractivity contribution >= 4 is 39.1 Å². The molecule has 0 atom stereocenters. The molecule has 21 heavy (non-hydrogen) atoms. The van der Waals surface area contributed by atoms with E-state index in [2.05, 4.69) is 9.97 Å². The van der Waals surface area contributed by atoms with Crippen molar-refractivity contribution in [1.82, 2.24) is 14.9 Å². The third-order valence-corrected chi connectivity index (χ3v) is 4.14. The summed E-state index contributed by atoms with van der Waals surface area (Å²) in [6.45, 7) is 0.168. The van der Waals surface area contributed by atoms with Gasteiger partial charge in [-0.2, -0.15) is 0 Å². The highest BCUT2D eigenvalue weighted by molar-refractivity contribution is 7.17. The maximum Gasteiger partial charge on any atom is 0.268 e. The van der Waals surface area contributed by atoms with Crippen LogP contribution in [0.15, 0.2) is 33.0 Å². The number of nitrogens with zero attached hydrogens (tertiary/aromatic N) is 2. The lowest BCUT2D eigenvalue weighted by Crippen LogP contribution is -2.28. The summed E-state index contributed by atoms with van der Waals surface area (Å²) in [6.07, 6.45) is 1.35. The number of hydrogen-bond acceptors (Lipinski definition) is 5. The summed E-state index contributed by atoms with van der Waals surface area (Å²) in [4.78, 5) is 32.5. The highest BCUT2D eigenvalue weighted by Gasteiger charge is 2.18. The van der Waals surface area contributed by atoms with Gasteiger partial charge in [0.1, 0.15) is 10.5 Å². The molecule has 1 amide bonds. The topological polar surface area (TPSA) is 79.2 Å². The third kappa shape index (κ3) is 2.57. The molecule has 3 heterocycles. The molecular formula is C13H10ClN3O3S. The highest BCUT2D eigenvalue weighted by Crippen LogP contribution is 2.19. The molecule has 3 aromatic heterocycles. The van der Waals surface area contributed by atoms with Crippen LogP contribution >= 0.6 is 22.9 Å². The Morgan fingerprint density at radius 1 is 1.52 bits per heavy atom. The SMILES string of the molecule is CN(Cc1nc2ccsc2c(=O)[nH]1)C(=O)c1ccoc1Cl. The minimum Gasteiger partial charge on any atom is -0.452 e. The number of H-pyrrole nitrogens is 1. The molecule has 0 saturated heterocycles. The van der Waals surface area contributed by atoms with Gasteiger partial charge in [0.25, 0.3) is 11.5 Å². The summed E-state index contributed by atoms with van der Waals surface area (Å²) >= 11 is 7.12. The summed E-state index contributed by atoms with van der Waals surface area (Å²) < 4.78 is 5.47. The smallest absolute Gasteiger partial charge is 0.268 e. The van der Waals surface area contributed by atoms with Crippen LogP contribution in [-0.2, 0) is 6.54 Å². The number of aromatic amines is 1. The van der Waals surface area contributed by atoms with Crippen LogP contribution in [0.5, 0.6) is 0 Å². The lowest BCUT2D eigenvalue weighted by atomic mass is 10.3. The van der Waals surface area contributed by atoms with Gasteiger partial charge in [-0.05, 0) is 29.1 Å². The van der Waals surface area contributed by atoms with E-state index in [0.29, 0.717) is 16.0 Å². The van der Waals surface area contributed by atoms with Crippen LogP contribution in [0, 0.1) is 0 Å². The Morgan fingerprint density at radius 2 is 2.33 bits per heavy atom. The molecule has 0 unspecified atom stereocenters. The summed E-state index contributed by atoms with van der Waals surface area (Å²) in [5.74, 6) is 0.114. The second-order valence-electron chi connectivity index (χ2n) is 4.42. The molecule has 0 saturated carbocycles. The number of furan rings is 1. The van der Waals surface area contributed by atoms with Crippen LogP contribution in [0.3, 0.4) is 0 Å². The molecule has 1 N–H and O–H groups in total. The van der Waals surface area contributed by atoms with Gasteiger partial charge < -0.3 is 14.3 Å². The minimum atomic E-state index is -0.304. The van der Waals surface area contributed by atoms with Crippen molar-refractivity contribution in [2.24, 2.45) is 0 Å². The molecule has 3 rings (SSSR count). The molecule has 0 aromatic carbocycles. The standard InChI is InChI=1S/C13H10ClN3O3S/c1-17(13(19)7-2-4-20-11(7)14)6-9-15-8-3-5-21-10(8)12(18)16-9/h2-5H,6H2,1H3,(H,15,16,18). The predicted molar refractivity (Wildman–Crippen MR) is 79.8 cm³/mol. The second-order valence-corrected chi connectivity index (χ2v) is 5.68. The van der Waals surface area contributed by atoms with E-state index in [9.17, 15) is 9.59 Å². The van der Waals surface area contributed by atoms with Crippen molar-refractivity contribution in [3.63, 3.8) is 0 Å². The summed E-state index contributed by atoms with van der Waals surface area (Å²) in [5, 5.41) is 1.85. The Hall–Kier alpha value is -2.12. The second kappa shape index (κ2) is 5.34. The van der Waals surface area contributed by atoms with Gasteiger partial charge in [0.15, 0.2) is 0 Å². The number of hydrogen-bond donors (Lipinski definition) is 1. The number of thiophene rings is 1. The minimum absolute atomic E-state index is 0.0431. The number of halogens is 1. The van der Waals surface area contributed by atoms with E-state index in [1.165, 1.54) is 28.6 Å². The van der Waals surface area contributed by atoms with E-state index in [0.717, 1.165) is 0 Å². The van der Waals surface area contributed by atoms with Crippen LogP contribution < -0.4 is 5.56 Å². The zero-order valence-corrected chi connectivity index (χ0v) is 12.5. The van der Waals surface area contributed by atoms with Crippen molar-refractivity contribution in [2.75, 3.05) is 7.05 Å². The van der Waals surface area contributed by atoms with E-state index in [1.54, 1.807) is 18.5 Å². The fourth-order valence-electron chi connectivity index (χ4n) is 1.94. The molecule has 0 aliphatic rings. The first-order chi connectivity index (χ1) is 10.1. The Kier molecular flexibility index (Phi) is 3.52. The zero-order valence-electron chi connectivity index (χ0n) is 10.9. The molecule has 0 spiro atoms. The van der Waals surface area contributed by atoms with Gasteiger partial charge in [-0.3, -0.25) is 9.59 Å².